The van der Waals surface area contributed by atoms with Crippen LogP contribution in [0.4, 0.5) is 0 Å². The predicted octanol–water partition coefficient (Wildman–Crippen LogP) is 1.35. The molecule has 0 spiro atoms. The second kappa shape index (κ2) is 5.08. The third-order valence-corrected chi connectivity index (χ3v) is 4.40. The Balaban J connectivity index is 2.70. The topological polar surface area (TPSA) is 66.4 Å². The molecule has 0 aromatic rings. The predicted molar refractivity (Wildman–Crippen MR) is 64.5 cm³/mol. The van der Waals surface area contributed by atoms with Crippen molar-refractivity contribution in [3.8, 4) is 0 Å². The zero-order valence-corrected chi connectivity index (χ0v) is 10.8. The molecule has 16 heavy (non-hydrogen) atoms. The Labute approximate surface area is 100 Å². The van der Waals surface area contributed by atoms with Gasteiger partial charge in [0.05, 0.1) is 0 Å². The molecule has 1 amide bonds. The average Bonchev–Trinajstić information content (AvgIpc) is 2.66. The van der Waals surface area contributed by atoms with E-state index in [1.54, 1.807) is 11.8 Å². The van der Waals surface area contributed by atoms with Crippen molar-refractivity contribution in [1.82, 2.24) is 5.32 Å². The molecule has 1 saturated heterocycles. The molecule has 92 valence electrons. The first-order valence-electron chi connectivity index (χ1n) is 5.52. The SMILES string of the molecule is CC(C)C(C)C(=O)NC1(C(=O)O)CCSC1. The molecular formula is C11H19NO3S. The lowest BCUT2D eigenvalue weighted by Crippen LogP contribution is -2.56. The van der Waals surface area contributed by atoms with Gasteiger partial charge in [0.25, 0.3) is 0 Å². The molecule has 2 atom stereocenters. The molecule has 0 bridgehead atoms. The molecule has 0 saturated carbocycles. The van der Waals surface area contributed by atoms with Crippen LogP contribution in [0.15, 0.2) is 0 Å². The summed E-state index contributed by atoms with van der Waals surface area (Å²) in [4.78, 5) is 23.1. The highest BCUT2D eigenvalue weighted by atomic mass is 32.2. The van der Waals surface area contributed by atoms with E-state index in [-0.39, 0.29) is 17.7 Å². The second-order valence-electron chi connectivity index (χ2n) is 4.71. The van der Waals surface area contributed by atoms with Gasteiger partial charge in [0.15, 0.2) is 0 Å². The number of carboxylic acid groups (broad SMARTS) is 1. The average molecular weight is 245 g/mol. The van der Waals surface area contributed by atoms with Gasteiger partial charge >= 0.3 is 5.97 Å². The molecule has 4 nitrogen and oxygen atoms in total. The highest BCUT2D eigenvalue weighted by Crippen LogP contribution is 2.29. The summed E-state index contributed by atoms with van der Waals surface area (Å²) >= 11 is 1.58. The Morgan fingerprint density at radius 2 is 2.00 bits per heavy atom. The summed E-state index contributed by atoms with van der Waals surface area (Å²) in [5.74, 6) is 0.269. The van der Waals surface area contributed by atoms with Crippen molar-refractivity contribution < 1.29 is 14.7 Å². The van der Waals surface area contributed by atoms with E-state index in [1.807, 2.05) is 20.8 Å². The van der Waals surface area contributed by atoms with Crippen LogP contribution >= 0.6 is 11.8 Å². The fraction of sp³-hybridized carbons (Fsp3) is 0.818. The van der Waals surface area contributed by atoms with Crippen molar-refractivity contribution >= 4 is 23.6 Å². The van der Waals surface area contributed by atoms with Crippen molar-refractivity contribution in [2.24, 2.45) is 11.8 Å². The standard InChI is InChI=1S/C11H19NO3S/c1-7(2)8(3)9(13)12-11(10(14)15)4-5-16-6-11/h7-8H,4-6H2,1-3H3,(H,12,13)(H,14,15). The quantitative estimate of drug-likeness (QED) is 0.784. The smallest absolute Gasteiger partial charge is 0.330 e. The van der Waals surface area contributed by atoms with Gasteiger partial charge in [-0.15, -0.1) is 0 Å². The lowest BCUT2D eigenvalue weighted by atomic mass is 9.93. The van der Waals surface area contributed by atoms with Crippen LogP contribution in [-0.2, 0) is 9.59 Å². The number of carboxylic acids is 1. The van der Waals surface area contributed by atoms with Gasteiger partial charge in [-0.3, -0.25) is 4.79 Å². The second-order valence-corrected chi connectivity index (χ2v) is 5.82. The van der Waals surface area contributed by atoms with Gasteiger partial charge < -0.3 is 10.4 Å². The number of carbonyl (C=O) groups excluding carboxylic acids is 1. The highest BCUT2D eigenvalue weighted by molar-refractivity contribution is 7.99. The molecular weight excluding hydrogens is 226 g/mol. The van der Waals surface area contributed by atoms with Gasteiger partial charge in [-0.1, -0.05) is 20.8 Å². The van der Waals surface area contributed by atoms with Crippen LogP contribution in [0.3, 0.4) is 0 Å². The number of hydrogen-bond donors (Lipinski definition) is 2. The Hall–Kier alpha value is -0.710. The fourth-order valence-electron chi connectivity index (χ4n) is 1.54. The van der Waals surface area contributed by atoms with E-state index in [0.29, 0.717) is 12.2 Å². The summed E-state index contributed by atoms with van der Waals surface area (Å²) in [7, 11) is 0. The van der Waals surface area contributed by atoms with Crippen LogP contribution in [0.1, 0.15) is 27.2 Å². The first-order valence-corrected chi connectivity index (χ1v) is 6.68. The summed E-state index contributed by atoms with van der Waals surface area (Å²) in [6.45, 7) is 5.75. The van der Waals surface area contributed by atoms with E-state index in [0.717, 1.165) is 5.75 Å². The third-order valence-electron chi connectivity index (χ3n) is 3.21. The number of aliphatic carboxylic acids is 1. The van der Waals surface area contributed by atoms with Crippen molar-refractivity contribution in [1.29, 1.82) is 0 Å². The van der Waals surface area contributed by atoms with Gasteiger partial charge in [-0.2, -0.15) is 11.8 Å². The van der Waals surface area contributed by atoms with Crippen molar-refractivity contribution in [3.05, 3.63) is 0 Å². The molecule has 2 unspecified atom stereocenters. The van der Waals surface area contributed by atoms with Crippen LogP contribution in [0.25, 0.3) is 0 Å². The van der Waals surface area contributed by atoms with Crippen molar-refractivity contribution in [2.45, 2.75) is 32.7 Å². The van der Waals surface area contributed by atoms with E-state index in [1.165, 1.54) is 0 Å². The largest absolute Gasteiger partial charge is 0.479 e. The van der Waals surface area contributed by atoms with Crippen LogP contribution in [0.2, 0.25) is 0 Å². The maximum atomic E-state index is 11.9. The monoisotopic (exact) mass is 245 g/mol. The van der Waals surface area contributed by atoms with Crippen LogP contribution in [0.5, 0.6) is 0 Å². The Morgan fingerprint density at radius 1 is 1.38 bits per heavy atom. The number of nitrogens with one attached hydrogen (secondary N) is 1. The molecule has 1 aliphatic rings. The highest BCUT2D eigenvalue weighted by Gasteiger charge is 2.43. The third kappa shape index (κ3) is 2.70. The summed E-state index contributed by atoms with van der Waals surface area (Å²) in [5, 5.41) is 11.9. The normalized spacial score (nSPS) is 26.8. The molecule has 5 heteroatoms. The molecule has 1 fully saturated rings. The van der Waals surface area contributed by atoms with Crippen LogP contribution in [-0.4, -0.2) is 34.0 Å². The molecule has 2 N–H and O–H groups in total. The molecule has 1 rings (SSSR count). The summed E-state index contributed by atoms with van der Waals surface area (Å²) in [6.07, 6.45) is 0.517. The fourth-order valence-corrected chi connectivity index (χ4v) is 2.86. The lowest BCUT2D eigenvalue weighted by molar-refractivity contribution is -0.147. The number of rotatable bonds is 4. The zero-order valence-electron chi connectivity index (χ0n) is 9.95. The van der Waals surface area contributed by atoms with Crippen LogP contribution in [0, 0.1) is 11.8 Å². The summed E-state index contributed by atoms with van der Waals surface area (Å²) < 4.78 is 0. The number of carbonyl (C=O) groups is 2. The van der Waals surface area contributed by atoms with Crippen molar-refractivity contribution in [2.75, 3.05) is 11.5 Å². The summed E-state index contributed by atoms with van der Waals surface area (Å²) in [5.41, 5.74) is -1.04. The Bertz CT molecular complexity index is 285. The van der Waals surface area contributed by atoms with Gasteiger partial charge in [-0.25, -0.2) is 4.79 Å². The van der Waals surface area contributed by atoms with Crippen LogP contribution < -0.4 is 5.32 Å². The molecule has 0 aliphatic carbocycles. The number of thioether (sulfide) groups is 1. The van der Waals surface area contributed by atoms with E-state index < -0.39 is 11.5 Å². The van der Waals surface area contributed by atoms with E-state index in [4.69, 9.17) is 0 Å². The minimum Gasteiger partial charge on any atom is -0.479 e. The molecule has 0 aromatic carbocycles. The summed E-state index contributed by atoms with van der Waals surface area (Å²) in [6, 6.07) is 0. The number of amides is 1. The van der Waals surface area contributed by atoms with E-state index >= 15 is 0 Å². The minimum absolute atomic E-state index is 0.151. The molecule has 0 aromatic heterocycles. The van der Waals surface area contributed by atoms with Gasteiger partial charge in [0.2, 0.25) is 5.91 Å². The molecule has 0 radical (unpaired) electrons. The van der Waals surface area contributed by atoms with Gasteiger partial charge in [0.1, 0.15) is 5.54 Å². The van der Waals surface area contributed by atoms with Gasteiger partial charge in [0, 0.05) is 11.7 Å². The maximum absolute atomic E-state index is 11.9. The van der Waals surface area contributed by atoms with Gasteiger partial charge in [-0.05, 0) is 18.1 Å². The Morgan fingerprint density at radius 3 is 2.38 bits per heavy atom. The molecule has 1 heterocycles. The minimum atomic E-state index is -1.04. The Kier molecular flexibility index (Phi) is 4.24. The van der Waals surface area contributed by atoms with E-state index in [9.17, 15) is 14.7 Å². The first kappa shape index (κ1) is 13.4. The maximum Gasteiger partial charge on any atom is 0.330 e. The zero-order chi connectivity index (χ0) is 12.3. The lowest BCUT2D eigenvalue weighted by Gasteiger charge is -2.27. The first-order chi connectivity index (χ1) is 7.39. The number of hydrogen-bond acceptors (Lipinski definition) is 3. The molecule has 1 aliphatic heterocycles. The van der Waals surface area contributed by atoms with E-state index in [2.05, 4.69) is 5.32 Å². The van der Waals surface area contributed by atoms with Crippen molar-refractivity contribution in [3.63, 3.8) is 0 Å².